The lowest BCUT2D eigenvalue weighted by molar-refractivity contribution is -0.149. The van der Waals surface area contributed by atoms with E-state index in [1.54, 1.807) is 11.8 Å². The molecular weight excluding hydrogens is 386 g/mol. The van der Waals surface area contributed by atoms with Gasteiger partial charge in [-0.1, -0.05) is 17.7 Å². The molecule has 0 saturated carbocycles. The number of ether oxygens (including phenoxy) is 2. The van der Waals surface area contributed by atoms with Gasteiger partial charge in [0, 0.05) is 18.7 Å². The average Bonchev–Trinajstić information content (AvgIpc) is 3.16. The third kappa shape index (κ3) is 5.18. The molecule has 1 fully saturated rings. The van der Waals surface area contributed by atoms with Gasteiger partial charge in [0.2, 0.25) is 0 Å². The van der Waals surface area contributed by atoms with Gasteiger partial charge in [-0.3, -0.25) is 9.59 Å². The number of benzene rings is 1. The molecule has 2 heterocycles. The first-order valence-corrected chi connectivity index (χ1v) is 11.0. The summed E-state index contributed by atoms with van der Waals surface area (Å²) in [7, 11) is 0. The van der Waals surface area contributed by atoms with E-state index < -0.39 is 0 Å². The molecule has 1 aliphatic rings. The highest BCUT2D eigenvalue weighted by Crippen LogP contribution is 2.27. The summed E-state index contributed by atoms with van der Waals surface area (Å²) in [5.74, 6) is 0.470. The lowest BCUT2D eigenvalue weighted by Gasteiger charge is -2.31. The first kappa shape index (κ1) is 21.4. The Kier molecular flexibility index (Phi) is 6.96. The quantitative estimate of drug-likeness (QED) is 0.644. The lowest BCUT2D eigenvalue weighted by atomic mass is 9.98. The maximum absolute atomic E-state index is 12.9. The van der Waals surface area contributed by atoms with Crippen LogP contribution in [0.25, 0.3) is 0 Å². The van der Waals surface area contributed by atoms with Crippen LogP contribution < -0.4 is 4.74 Å². The second-order valence-electron chi connectivity index (χ2n) is 7.68. The summed E-state index contributed by atoms with van der Waals surface area (Å²) < 4.78 is 11.2. The summed E-state index contributed by atoms with van der Waals surface area (Å²) in [5.41, 5.74) is 4.44. The van der Waals surface area contributed by atoms with E-state index in [-0.39, 0.29) is 17.8 Å². The van der Waals surface area contributed by atoms with Crippen LogP contribution in [0, 0.1) is 26.7 Å². The molecule has 1 saturated heterocycles. The topological polar surface area (TPSA) is 55.8 Å². The molecule has 1 atom stereocenters. The highest BCUT2D eigenvalue weighted by molar-refractivity contribution is 7.12. The van der Waals surface area contributed by atoms with Crippen LogP contribution >= 0.6 is 11.3 Å². The van der Waals surface area contributed by atoms with Crippen molar-refractivity contribution in [1.29, 1.82) is 0 Å². The molecule has 0 aliphatic carbocycles. The van der Waals surface area contributed by atoms with Crippen molar-refractivity contribution in [3.8, 4) is 5.75 Å². The number of amides is 1. The number of piperidine rings is 1. The lowest BCUT2D eigenvalue weighted by Crippen LogP contribution is -2.42. The SMILES string of the molecule is CCOC(=O)C1CCCN(C(=O)c2cc(COc3c(C)cc(C)cc3C)cs2)C1. The van der Waals surface area contributed by atoms with Gasteiger partial charge < -0.3 is 14.4 Å². The Labute approximate surface area is 176 Å². The van der Waals surface area contributed by atoms with E-state index in [1.807, 2.05) is 25.3 Å². The molecular formula is C23H29NO4S. The molecule has 29 heavy (non-hydrogen) atoms. The Balaban J connectivity index is 1.62. The molecule has 1 amide bonds. The van der Waals surface area contributed by atoms with Crippen molar-refractivity contribution in [2.75, 3.05) is 19.7 Å². The number of esters is 1. The molecule has 1 aromatic carbocycles. The van der Waals surface area contributed by atoms with Crippen LogP contribution in [0.4, 0.5) is 0 Å². The summed E-state index contributed by atoms with van der Waals surface area (Å²) in [6, 6.07) is 6.13. The number of nitrogens with zero attached hydrogens (tertiary/aromatic N) is 1. The molecule has 0 N–H and O–H groups in total. The summed E-state index contributed by atoms with van der Waals surface area (Å²) in [6.07, 6.45) is 1.60. The van der Waals surface area contributed by atoms with Crippen LogP contribution in [-0.2, 0) is 16.1 Å². The Hall–Kier alpha value is -2.34. The van der Waals surface area contributed by atoms with Gasteiger partial charge in [0.05, 0.1) is 17.4 Å². The van der Waals surface area contributed by atoms with Crippen LogP contribution in [0.5, 0.6) is 5.75 Å². The Morgan fingerprint density at radius 3 is 2.59 bits per heavy atom. The fraction of sp³-hybridized carbons (Fsp3) is 0.478. The standard InChI is InChI=1S/C23H29NO4S/c1-5-27-23(26)19-7-6-8-24(12-19)22(25)20-11-18(14-29-20)13-28-21-16(3)9-15(2)10-17(21)4/h9-11,14,19H,5-8,12-13H2,1-4H3. The number of carbonyl (C=O) groups is 2. The van der Waals surface area contributed by atoms with Gasteiger partial charge in [0.15, 0.2) is 0 Å². The van der Waals surface area contributed by atoms with Gasteiger partial charge in [-0.15, -0.1) is 11.3 Å². The van der Waals surface area contributed by atoms with Crippen LogP contribution in [0.15, 0.2) is 23.6 Å². The van der Waals surface area contributed by atoms with Crippen LogP contribution in [0.1, 0.15) is 51.7 Å². The van der Waals surface area contributed by atoms with Crippen molar-refractivity contribution in [3.63, 3.8) is 0 Å². The minimum atomic E-state index is -0.220. The minimum absolute atomic E-state index is 0.0158. The van der Waals surface area contributed by atoms with Gasteiger partial charge in [0.1, 0.15) is 12.4 Å². The monoisotopic (exact) mass is 415 g/mol. The number of thiophene rings is 1. The average molecular weight is 416 g/mol. The Bertz CT molecular complexity index is 866. The number of hydrogen-bond donors (Lipinski definition) is 0. The maximum Gasteiger partial charge on any atom is 0.310 e. The van der Waals surface area contributed by atoms with E-state index >= 15 is 0 Å². The number of carbonyl (C=O) groups excluding carboxylic acids is 2. The van der Waals surface area contributed by atoms with Crippen LogP contribution in [-0.4, -0.2) is 36.5 Å². The molecule has 2 aromatic rings. The molecule has 1 aromatic heterocycles. The van der Waals surface area contributed by atoms with Crippen molar-refractivity contribution in [3.05, 3.63) is 50.7 Å². The third-order valence-electron chi connectivity index (χ3n) is 5.18. The Morgan fingerprint density at radius 1 is 1.17 bits per heavy atom. The second-order valence-corrected chi connectivity index (χ2v) is 8.59. The predicted molar refractivity (Wildman–Crippen MR) is 115 cm³/mol. The molecule has 0 spiro atoms. The van der Waals surface area contributed by atoms with E-state index in [0.29, 0.717) is 31.2 Å². The summed E-state index contributed by atoms with van der Waals surface area (Å²) >= 11 is 1.43. The van der Waals surface area contributed by atoms with Gasteiger partial charge in [-0.25, -0.2) is 0 Å². The fourth-order valence-corrected chi connectivity index (χ4v) is 4.75. The number of hydrogen-bond acceptors (Lipinski definition) is 5. The van der Waals surface area contributed by atoms with Crippen LogP contribution in [0.3, 0.4) is 0 Å². The third-order valence-corrected chi connectivity index (χ3v) is 6.15. The zero-order valence-corrected chi connectivity index (χ0v) is 18.4. The normalized spacial score (nSPS) is 16.6. The van der Waals surface area contributed by atoms with E-state index in [9.17, 15) is 9.59 Å². The molecule has 3 rings (SSSR count). The minimum Gasteiger partial charge on any atom is -0.488 e. The zero-order chi connectivity index (χ0) is 21.0. The smallest absolute Gasteiger partial charge is 0.310 e. The number of likely N-dealkylation sites (tertiary alicyclic amines) is 1. The second kappa shape index (κ2) is 9.44. The van der Waals surface area contributed by atoms with Crippen molar-refractivity contribution >= 4 is 23.2 Å². The summed E-state index contributed by atoms with van der Waals surface area (Å²) in [5, 5.41) is 1.97. The highest BCUT2D eigenvalue weighted by Gasteiger charge is 2.30. The van der Waals surface area contributed by atoms with Crippen molar-refractivity contribution in [1.82, 2.24) is 4.90 Å². The fourth-order valence-electron chi connectivity index (χ4n) is 3.88. The molecule has 5 nitrogen and oxygen atoms in total. The predicted octanol–water partition coefficient (Wildman–Crippen LogP) is 4.67. The molecule has 0 radical (unpaired) electrons. The van der Waals surface area contributed by atoms with Crippen molar-refractivity contribution in [2.24, 2.45) is 5.92 Å². The number of rotatable bonds is 6. The number of aryl methyl sites for hydroxylation is 3. The van der Waals surface area contributed by atoms with Crippen molar-refractivity contribution in [2.45, 2.75) is 47.1 Å². The zero-order valence-electron chi connectivity index (χ0n) is 17.6. The van der Waals surface area contributed by atoms with Gasteiger partial charge >= 0.3 is 5.97 Å². The van der Waals surface area contributed by atoms with E-state index in [1.165, 1.54) is 16.9 Å². The molecule has 1 unspecified atom stereocenters. The van der Waals surface area contributed by atoms with Gasteiger partial charge in [-0.2, -0.15) is 0 Å². The summed E-state index contributed by atoms with van der Waals surface area (Å²) in [6.45, 7) is 9.90. The first-order chi connectivity index (χ1) is 13.9. The molecule has 6 heteroatoms. The molecule has 0 bridgehead atoms. The Morgan fingerprint density at radius 2 is 1.90 bits per heavy atom. The van der Waals surface area contributed by atoms with E-state index in [2.05, 4.69) is 19.1 Å². The van der Waals surface area contributed by atoms with E-state index in [0.717, 1.165) is 35.3 Å². The van der Waals surface area contributed by atoms with E-state index in [4.69, 9.17) is 9.47 Å². The van der Waals surface area contributed by atoms with Crippen molar-refractivity contribution < 1.29 is 19.1 Å². The van der Waals surface area contributed by atoms with Gasteiger partial charge in [0.25, 0.3) is 5.91 Å². The first-order valence-electron chi connectivity index (χ1n) is 10.1. The molecule has 1 aliphatic heterocycles. The summed E-state index contributed by atoms with van der Waals surface area (Å²) in [4.78, 5) is 27.4. The largest absolute Gasteiger partial charge is 0.488 e. The van der Waals surface area contributed by atoms with Gasteiger partial charge in [-0.05, 0) is 63.1 Å². The maximum atomic E-state index is 12.9. The molecule has 156 valence electrons. The van der Waals surface area contributed by atoms with Crippen LogP contribution in [0.2, 0.25) is 0 Å². The highest BCUT2D eigenvalue weighted by atomic mass is 32.1.